The molecular formula is C23H17F2NO3S. The molecule has 1 saturated carbocycles. The van der Waals surface area contributed by atoms with E-state index in [2.05, 4.69) is 0 Å². The molecule has 0 atom stereocenters. The van der Waals surface area contributed by atoms with Crippen molar-refractivity contribution in [2.75, 3.05) is 0 Å². The number of aromatic nitrogens is 1. The van der Waals surface area contributed by atoms with E-state index in [0.29, 0.717) is 34.2 Å². The Morgan fingerprint density at radius 2 is 1.83 bits per heavy atom. The molecule has 152 valence electrons. The number of para-hydroxylation sites is 1. The van der Waals surface area contributed by atoms with Crippen LogP contribution in [-0.2, 0) is 12.6 Å². The lowest BCUT2D eigenvalue weighted by molar-refractivity contribution is 0.151. The Morgan fingerprint density at radius 3 is 2.53 bits per heavy atom. The summed E-state index contributed by atoms with van der Waals surface area (Å²) in [7, 11) is 1.65. The molecule has 7 heteroatoms. The highest BCUT2D eigenvalue weighted by atomic mass is 32.1. The molecule has 4 aromatic rings. The minimum atomic E-state index is -0.898. The Morgan fingerprint density at radius 1 is 1.10 bits per heavy atom. The first kappa shape index (κ1) is 19.0. The highest BCUT2D eigenvalue weighted by Gasteiger charge is 2.42. The lowest BCUT2D eigenvalue weighted by Gasteiger charge is -2.17. The third-order valence-corrected chi connectivity index (χ3v) is 6.36. The van der Waals surface area contributed by atoms with Gasteiger partial charge >= 0.3 is 0 Å². The Balaban J connectivity index is 1.75. The van der Waals surface area contributed by atoms with E-state index in [0.717, 1.165) is 17.5 Å². The van der Waals surface area contributed by atoms with Crippen molar-refractivity contribution in [3.63, 3.8) is 0 Å². The van der Waals surface area contributed by atoms with E-state index in [-0.39, 0.29) is 11.3 Å². The van der Waals surface area contributed by atoms with Gasteiger partial charge in [-0.1, -0.05) is 12.1 Å². The number of pyridine rings is 1. The molecule has 2 aromatic heterocycles. The minimum absolute atomic E-state index is 0.122. The lowest BCUT2D eigenvalue weighted by atomic mass is 9.97. The highest BCUT2D eigenvalue weighted by Crippen LogP contribution is 2.48. The molecule has 0 radical (unpaired) electrons. The molecule has 0 amide bonds. The Labute approximate surface area is 174 Å². The molecule has 2 aromatic carbocycles. The summed E-state index contributed by atoms with van der Waals surface area (Å²) in [6.45, 7) is 0. The third-order valence-electron chi connectivity index (χ3n) is 5.45. The maximum atomic E-state index is 14.2. The van der Waals surface area contributed by atoms with Gasteiger partial charge in [0.05, 0.1) is 5.60 Å². The van der Waals surface area contributed by atoms with Gasteiger partial charge in [0, 0.05) is 29.8 Å². The Kier molecular flexibility index (Phi) is 4.27. The number of nitrogens with zero attached hydrogens (tertiary/aromatic N) is 1. The summed E-state index contributed by atoms with van der Waals surface area (Å²) < 4.78 is 36.2. The van der Waals surface area contributed by atoms with Crippen LogP contribution in [0.4, 0.5) is 8.78 Å². The van der Waals surface area contributed by atoms with Gasteiger partial charge in [0.15, 0.2) is 17.4 Å². The highest BCUT2D eigenvalue weighted by molar-refractivity contribution is 7.17. The summed E-state index contributed by atoms with van der Waals surface area (Å²) in [6.07, 6.45) is 2.98. The van der Waals surface area contributed by atoms with Gasteiger partial charge in [0.1, 0.15) is 10.4 Å². The molecule has 0 spiro atoms. The zero-order valence-corrected chi connectivity index (χ0v) is 16.8. The van der Waals surface area contributed by atoms with E-state index >= 15 is 0 Å². The number of rotatable bonds is 4. The summed E-state index contributed by atoms with van der Waals surface area (Å²) in [4.78, 5) is 12.5. The average Bonchev–Trinajstić information content (AvgIpc) is 3.28. The number of hydrogen-bond acceptors (Lipinski definition) is 4. The fourth-order valence-electron chi connectivity index (χ4n) is 3.60. The van der Waals surface area contributed by atoms with Crippen LogP contribution in [-0.4, -0.2) is 9.67 Å². The van der Waals surface area contributed by atoms with E-state index < -0.39 is 23.0 Å². The van der Waals surface area contributed by atoms with Crippen LogP contribution in [0.15, 0.2) is 58.8 Å². The number of thiophene rings is 1. The first-order chi connectivity index (χ1) is 14.4. The van der Waals surface area contributed by atoms with Crippen LogP contribution < -0.4 is 10.3 Å². The van der Waals surface area contributed by atoms with Crippen molar-refractivity contribution in [2.24, 2.45) is 7.05 Å². The summed E-state index contributed by atoms with van der Waals surface area (Å²) >= 11 is 1.33. The second kappa shape index (κ2) is 6.75. The molecule has 0 bridgehead atoms. The normalized spacial score (nSPS) is 14.8. The maximum Gasteiger partial charge on any atom is 0.268 e. The van der Waals surface area contributed by atoms with Gasteiger partial charge in [0.2, 0.25) is 0 Å². The summed E-state index contributed by atoms with van der Waals surface area (Å²) in [5.74, 6) is -1.89. The first-order valence-electron chi connectivity index (χ1n) is 9.43. The topological polar surface area (TPSA) is 51.5 Å². The van der Waals surface area contributed by atoms with Crippen LogP contribution in [0.5, 0.6) is 11.5 Å². The molecule has 1 aliphatic carbocycles. The molecule has 2 heterocycles. The van der Waals surface area contributed by atoms with Crippen LogP contribution in [0, 0.1) is 11.6 Å². The second-order valence-corrected chi connectivity index (χ2v) is 8.43. The number of halogens is 2. The maximum absolute atomic E-state index is 14.2. The molecule has 0 saturated heterocycles. The van der Waals surface area contributed by atoms with Crippen molar-refractivity contribution in [2.45, 2.75) is 18.4 Å². The van der Waals surface area contributed by atoms with E-state index in [1.165, 1.54) is 22.0 Å². The number of aryl methyl sites for hydroxylation is 1. The number of fused-ring (bicyclic) bond motifs is 1. The quantitative estimate of drug-likeness (QED) is 0.482. The molecule has 5 rings (SSSR count). The van der Waals surface area contributed by atoms with E-state index in [4.69, 9.17) is 4.74 Å². The molecule has 0 unspecified atom stereocenters. The van der Waals surface area contributed by atoms with E-state index in [9.17, 15) is 18.7 Å². The van der Waals surface area contributed by atoms with Crippen molar-refractivity contribution in [1.82, 2.24) is 4.57 Å². The van der Waals surface area contributed by atoms with Gasteiger partial charge < -0.3 is 14.4 Å². The van der Waals surface area contributed by atoms with Gasteiger partial charge in [-0.2, -0.15) is 0 Å². The van der Waals surface area contributed by atoms with Crippen molar-refractivity contribution in [1.29, 1.82) is 0 Å². The van der Waals surface area contributed by atoms with Crippen LogP contribution in [0.3, 0.4) is 0 Å². The fraction of sp³-hybridized carbons (Fsp3) is 0.174. The summed E-state index contributed by atoms with van der Waals surface area (Å²) in [6, 6.07) is 10.4. The largest absolute Gasteiger partial charge is 0.451 e. The van der Waals surface area contributed by atoms with Crippen LogP contribution >= 0.6 is 11.3 Å². The van der Waals surface area contributed by atoms with Gasteiger partial charge in [0.25, 0.3) is 5.56 Å². The Bertz CT molecular complexity index is 1330. The molecule has 1 N–H and O–H groups in total. The molecule has 0 aliphatic heterocycles. The van der Waals surface area contributed by atoms with Gasteiger partial charge in [-0.25, -0.2) is 8.78 Å². The van der Waals surface area contributed by atoms with Gasteiger partial charge in [-0.05, 0) is 54.1 Å². The van der Waals surface area contributed by atoms with E-state index in [1.807, 2.05) is 11.4 Å². The molecule has 4 nitrogen and oxygen atoms in total. The zero-order valence-electron chi connectivity index (χ0n) is 16.0. The third kappa shape index (κ3) is 3.02. The predicted octanol–water partition coefficient (Wildman–Crippen LogP) is 5.32. The number of hydrogen-bond donors (Lipinski definition) is 1. The summed E-state index contributed by atoms with van der Waals surface area (Å²) in [5, 5.41) is 13.1. The van der Waals surface area contributed by atoms with Gasteiger partial charge in [-0.15, -0.1) is 11.3 Å². The SMILES string of the molecule is Cn1cc(-c2cc(C3(O)CC3)ccc2Oc2c(F)cccc2F)c2ccsc2c1=O. The minimum Gasteiger partial charge on any atom is -0.451 e. The van der Waals surface area contributed by atoms with Crippen molar-refractivity contribution < 1.29 is 18.6 Å². The van der Waals surface area contributed by atoms with E-state index in [1.54, 1.807) is 31.4 Å². The zero-order chi connectivity index (χ0) is 21.0. The van der Waals surface area contributed by atoms with Crippen LogP contribution in [0.25, 0.3) is 21.2 Å². The number of ether oxygens (including phenoxy) is 1. The smallest absolute Gasteiger partial charge is 0.268 e. The number of benzene rings is 2. The lowest BCUT2D eigenvalue weighted by Crippen LogP contribution is -2.15. The Hall–Kier alpha value is -3.03. The number of aliphatic hydroxyl groups is 1. The van der Waals surface area contributed by atoms with Crippen LogP contribution in [0.2, 0.25) is 0 Å². The fourth-order valence-corrected chi connectivity index (χ4v) is 4.49. The second-order valence-electron chi connectivity index (χ2n) is 7.52. The monoisotopic (exact) mass is 425 g/mol. The van der Waals surface area contributed by atoms with Crippen molar-refractivity contribution in [3.05, 3.63) is 81.6 Å². The average molecular weight is 425 g/mol. The standard InChI is InChI=1S/C23H17F2NO3S/c1-26-12-16(14-7-10-30-21(14)22(26)27)15-11-13(23(28)8-9-23)5-6-19(15)29-20-17(24)3-2-4-18(20)25/h2-7,10-12,28H,8-9H2,1H3. The van der Waals surface area contributed by atoms with Crippen molar-refractivity contribution in [3.8, 4) is 22.6 Å². The summed E-state index contributed by atoms with van der Waals surface area (Å²) in [5.41, 5.74) is 0.922. The molecule has 1 aliphatic rings. The predicted molar refractivity (Wildman–Crippen MR) is 112 cm³/mol. The van der Waals surface area contributed by atoms with Crippen molar-refractivity contribution >= 4 is 21.4 Å². The van der Waals surface area contributed by atoms with Crippen LogP contribution in [0.1, 0.15) is 18.4 Å². The molecule has 30 heavy (non-hydrogen) atoms. The first-order valence-corrected chi connectivity index (χ1v) is 10.3. The molecule has 1 fully saturated rings. The van der Waals surface area contributed by atoms with Gasteiger partial charge in [-0.3, -0.25) is 4.79 Å². The molecular weight excluding hydrogens is 408 g/mol.